The SMILES string of the molecule is CCCCCC1=NN(C(=O)N[C@H]2C[C@@H]3CC[C@]2(C)C3(C)C)CC1c1ccccc1F. The van der Waals surface area contributed by atoms with Crippen molar-refractivity contribution in [3.05, 3.63) is 35.6 Å². The molecular weight excluding hydrogens is 377 g/mol. The Bertz CT molecular complexity index is 835. The van der Waals surface area contributed by atoms with Gasteiger partial charge in [-0.3, -0.25) is 0 Å². The van der Waals surface area contributed by atoms with Gasteiger partial charge in [-0.25, -0.2) is 14.2 Å². The summed E-state index contributed by atoms with van der Waals surface area (Å²) >= 11 is 0. The Morgan fingerprint density at radius 2 is 2.03 bits per heavy atom. The first-order chi connectivity index (χ1) is 14.3. The summed E-state index contributed by atoms with van der Waals surface area (Å²) in [5.74, 6) is 0.307. The fraction of sp³-hybridized carbons (Fsp3) is 0.680. The molecule has 4 rings (SSSR count). The monoisotopic (exact) mass is 413 g/mol. The van der Waals surface area contributed by atoms with Crippen molar-refractivity contribution in [2.45, 2.75) is 84.6 Å². The molecule has 30 heavy (non-hydrogen) atoms. The lowest BCUT2D eigenvalue weighted by atomic mass is 9.69. The zero-order valence-electron chi connectivity index (χ0n) is 18.9. The van der Waals surface area contributed by atoms with Crippen LogP contribution < -0.4 is 5.32 Å². The van der Waals surface area contributed by atoms with Gasteiger partial charge in [-0.15, -0.1) is 0 Å². The number of halogens is 1. The number of hydrogen-bond acceptors (Lipinski definition) is 2. The molecule has 1 aromatic rings. The lowest BCUT2D eigenvalue weighted by Gasteiger charge is -2.39. The number of carbonyl (C=O) groups excluding carboxylic acids is 1. The molecule has 2 amide bonds. The van der Waals surface area contributed by atoms with Crippen LogP contribution in [0.2, 0.25) is 0 Å². The van der Waals surface area contributed by atoms with Gasteiger partial charge < -0.3 is 5.32 Å². The second-order valence-electron chi connectivity index (χ2n) is 10.3. The van der Waals surface area contributed by atoms with Crippen LogP contribution in [0.5, 0.6) is 0 Å². The quantitative estimate of drug-likeness (QED) is 0.564. The molecule has 2 aliphatic carbocycles. The van der Waals surface area contributed by atoms with Gasteiger partial charge in [-0.2, -0.15) is 5.10 Å². The van der Waals surface area contributed by atoms with Crippen LogP contribution in [0.25, 0.3) is 0 Å². The molecule has 0 spiro atoms. The summed E-state index contributed by atoms with van der Waals surface area (Å²) in [5, 5.41) is 9.56. The zero-order valence-corrected chi connectivity index (χ0v) is 18.9. The molecule has 2 saturated carbocycles. The van der Waals surface area contributed by atoms with Gasteiger partial charge in [-0.1, -0.05) is 58.7 Å². The van der Waals surface area contributed by atoms with Gasteiger partial charge in [0.15, 0.2) is 0 Å². The maximum atomic E-state index is 14.5. The number of benzene rings is 1. The molecule has 2 fully saturated rings. The first-order valence-electron chi connectivity index (χ1n) is 11.7. The summed E-state index contributed by atoms with van der Waals surface area (Å²) < 4.78 is 14.5. The average molecular weight is 414 g/mol. The highest BCUT2D eigenvalue weighted by Crippen LogP contribution is 2.65. The van der Waals surface area contributed by atoms with Gasteiger partial charge in [0.05, 0.1) is 6.54 Å². The number of rotatable bonds is 6. The van der Waals surface area contributed by atoms with Crippen LogP contribution >= 0.6 is 0 Å². The van der Waals surface area contributed by atoms with E-state index in [1.807, 2.05) is 12.1 Å². The number of hydrogen-bond donors (Lipinski definition) is 1. The van der Waals surface area contributed by atoms with Gasteiger partial charge in [0.2, 0.25) is 0 Å². The predicted octanol–water partition coefficient (Wildman–Crippen LogP) is 6.09. The number of carbonyl (C=O) groups is 1. The maximum absolute atomic E-state index is 14.5. The standard InChI is InChI=1S/C25H36FN3O/c1-5-6-7-12-21-19(18-10-8-9-11-20(18)26)16-29(28-21)23(30)27-22-15-17-13-14-25(22,4)24(17,2)3/h8-11,17,19,22H,5-7,12-16H2,1-4H3,(H,27,30)/t17-,19?,22-,25-/m0/s1. The molecule has 1 heterocycles. The largest absolute Gasteiger partial charge is 0.338 e. The zero-order chi connectivity index (χ0) is 21.5. The van der Waals surface area contributed by atoms with E-state index >= 15 is 0 Å². The second-order valence-corrected chi connectivity index (χ2v) is 10.3. The molecule has 5 heteroatoms. The van der Waals surface area contributed by atoms with Gasteiger partial charge in [0.25, 0.3) is 0 Å². The summed E-state index contributed by atoms with van der Waals surface area (Å²) in [5.41, 5.74) is 1.96. The summed E-state index contributed by atoms with van der Waals surface area (Å²) in [7, 11) is 0. The van der Waals surface area contributed by atoms with E-state index in [1.165, 1.54) is 18.9 Å². The van der Waals surface area contributed by atoms with Crippen molar-refractivity contribution in [3.8, 4) is 0 Å². The Morgan fingerprint density at radius 1 is 1.27 bits per heavy atom. The topological polar surface area (TPSA) is 44.7 Å². The third-order valence-corrected chi connectivity index (χ3v) is 8.65. The van der Waals surface area contributed by atoms with Gasteiger partial charge in [0.1, 0.15) is 5.82 Å². The van der Waals surface area contributed by atoms with Crippen LogP contribution in [0.3, 0.4) is 0 Å². The Balaban J connectivity index is 1.50. The molecule has 4 atom stereocenters. The highest BCUT2D eigenvalue weighted by Gasteiger charge is 2.61. The van der Waals surface area contributed by atoms with E-state index in [-0.39, 0.29) is 34.6 Å². The molecule has 0 saturated heterocycles. The van der Waals surface area contributed by atoms with Gasteiger partial charge >= 0.3 is 6.03 Å². The van der Waals surface area contributed by atoms with Crippen molar-refractivity contribution in [2.24, 2.45) is 21.8 Å². The third-order valence-electron chi connectivity index (χ3n) is 8.65. The van der Waals surface area contributed by atoms with Crippen LogP contribution in [-0.4, -0.2) is 29.3 Å². The van der Waals surface area contributed by atoms with Crippen molar-refractivity contribution in [1.29, 1.82) is 0 Å². The Morgan fingerprint density at radius 3 is 2.67 bits per heavy atom. The molecule has 1 N–H and O–H groups in total. The number of hydrazone groups is 1. The van der Waals surface area contributed by atoms with Crippen molar-refractivity contribution in [2.75, 3.05) is 6.54 Å². The number of nitrogens with zero attached hydrogens (tertiary/aromatic N) is 2. The molecule has 164 valence electrons. The van der Waals surface area contributed by atoms with Crippen molar-refractivity contribution < 1.29 is 9.18 Å². The number of nitrogens with one attached hydrogen (secondary N) is 1. The number of fused-ring (bicyclic) bond motifs is 2. The molecule has 0 aromatic heterocycles. The first kappa shape index (κ1) is 21.3. The fourth-order valence-electron chi connectivity index (χ4n) is 6.13. The molecule has 4 nitrogen and oxygen atoms in total. The van der Waals surface area contributed by atoms with Crippen molar-refractivity contribution in [1.82, 2.24) is 10.3 Å². The molecule has 1 aliphatic heterocycles. The van der Waals surface area contributed by atoms with Crippen LogP contribution in [0.4, 0.5) is 9.18 Å². The third kappa shape index (κ3) is 3.44. The summed E-state index contributed by atoms with van der Waals surface area (Å²) in [6.07, 6.45) is 7.55. The fourth-order valence-corrected chi connectivity index (χ4v) is 6.13. The van der Waals surface area contributed by atoms with Crippen LogP contribution in [-0.2, 0) is 0 Å². The molecule has 0 radical (unpaired) electrons. The lowest BCUT2D eigenvalue weighted by molar-refractivity contribution is 0.118. The summed E-state index contributed by atoms with van der Waals surface area (Å²) in [6, 6.07) is 6.96. The summed E-state index contributed by atoms with van der Waals surface area (Å²) in [4.78, 5) is 13.2. The van der Waals surface area contributed by atoms with Gasteiger partial charge in [-0.05, 0) is 60.5 Å². The van der Waals surface area contributed by atoms with E-state index in [4.69, 9.17) is 5.10 Å². The number of urea groups is 1. The minimum Gasteiger partial charge on any atom is -0.333 e. The highest BCUT2D eigenvalue weighted by atomic mass is 19.1. The molecule has 2 bridgehead atoms. The maximum Gasteiger partial charge on any atom is 0.338 e. The number of unbranched alkanes of at least 4 members (excludes halogenated alkanes) is 2. The van der Waals surface area contributed by atoms with Crippen molar-refractivity contribution >= 4 is 11.7 Å². The normalized spacial score (nSPS) is 31.8. The average Bonchev–Trinajstić information content (AvgIpc) is 3.28. The second kappa shape index (κ2) is 7.97. The van der Waals surface area contributed by atoms with Crippen molar-refractivity contribution in [3.63, 3.8) is 0 Å². The molecule has 1 aromatic carbocycles. The van der Waals surface area contributed by atoms with E-state index in [1.54, 1.807) is 11.1 Å². The highest BCUT2D eigenvalue weighted by molar-refractivity contribution is 5.94. The van der Waals surface area contributed by atoms with Gasteiger partial charge in [0, 0.05) is 17.7 Å². The smallest absolute Gasteiger partial charge is 0.333 e. The number of amides is 2. The van der Waals surface area contributed by atoms with Crippen LogP contribution in [0.15, 0.2) is 29.4 Å². The Kier molecular flexibility index (Phi) is 5.67. The van der Waals surface area contributed by atoms with E-state index in [9.17, 15) is 9.18 Å². The molecule has 1 unspecified atom stereocenters. The van der Waals surface area contributed by atoms with E-state index in [2.05, 4.69) is 33.0 Å². The van der Waals surface area contributed by atoms with Crippen LogP contribution in [0, 0.1) is 22.6 Å². The lowest BCUT2D eigenvalue weighted by Crippen LogP contribution is -2.50. The molecule has 3 aliphatic rings. The minimum absolute atomic E-state index is 0.128. The van der Waals surface area contributed by atoms with E-state index in [0.717, 1.165) is 37.8 Å². The minimum atomic E-state index is -0.213. The van der Waals surface area contributed by atoms with E-state index < -0.39 is 0 Å². The molecular formula is C25H36FN3O. The van der Waals surface area contributed by atoms with Crippen LogP contribution in [0.1, 0.15) is 84.1 Å². The summed E-state index contributed by atoms with van der Waals surface area (Å²) in [6.45, 7) is 9.62. The first-order valence-corrected chi connectivity index (χ1v) is 11.7. The Hall–Kier alpha value is -1.91. The predicted molar refractivity (Wildman–Crippen MR) is 119 cm³/mol. The Labute approximate surface area is 180 Å². The van der Waals surface area contributed by atoms with E-state index in [0.29, 0.717) is 18.0 Å².